The normalized spacial score (nSPS) is 11.1. The predicted octanol–water partition coefficient (Wildman–Crippen LogP) is 3.45. The maximum absolute atomic E-state index is 12.4. The minimum absolute atomic E-state index is 0.0185. The number of ether oxygens (including phenoxy) is 1. The van der Waals surface area contributed by atoms with E-state index < -0.39 is 10.0 Å². The largest absolute Gasteiger partial charge is 0.483 e. The summed E-state index contributed by atoms with van der Waals surface area (Å²) in [4.78, 5) is 20.0. The van der Waals surface area contributed by atoms with Gasteiger partial charge >= 0.3 is 0 Å². The fraction of sp³-hybridized carbons (Fsp3) is 0.0455. The maximum atomic E-state index is 12.4. The van der Waals surface area contributed by atoms with Gasteiger partial charge in [-0.2, -0.15) is 0 Å². The third kappa shape index (κ3) is 4.96. The van der Waals surface area contributed by atoms with E-state index in [4.69, 9.17) is 4.74 Å². The molecule has 0 fully saturated rings. The fourth-order valence-corrected chi connectivity index (χ4v) is 3.87. The standard InChI is InChI=1S/C22H18N4O4S/c27-21(15-30-20-8-3-6-16-5-1-2-7-19(16)20)25-17-9-11-18(12-10-17)31(28,29)26-22-23-13-4-14-24-22/h1-14H,15H2,(H,25,27)(H,23,24,26). The fourth-order valence-electron chi connectivity index (χ4n) is 2.91. The molecule has 4 aromatic rings. The number of carbonyl (C=O) groups is 1. The lowest BCUT2D eigenvalue weighted by molar-refractivity contribution is -0.118. The van der Waals surface area contributed by atoms with Crippen LogP contribution < -0.4 is 14.8 Å². The number of carbonyl (C=O) groups excluding carboxylic acids is 1. The Balaban J connectivity index is 1.38. The van der Waals surface area contributed by atoms with Crippen LogP contribution in [-0.2, 0) is 14.8 Å². The van der Waals surface area contributed by atoms with E-state index in [0.29, 0.717) is 11.4 Å². The second-order valence-electron chi connectivity index (χ2n) is 6.52. The van der Waals surface area contributed by atoms with Crippen molar-refractivity contribution in [2.24, 2.45) is 0 Å². The van der Waals surface area contributed by atoms with Gasteiger partial charge in [0.15, 0.2) is 6.61 Å². The van der Waals surface area contributed by atoms with Crippen LogP contribution in [0.25, 0.3) is 10.8 Å². The number of benzene rings is 3. The minimum atomic E-state index is -3.84. The predicted molar refractivity (Wildman–Crippen MR) is 117 cm³/mol. The van der Waals surface area contributed by atoms with Crippen molar-refractivity contribution in [3.8, 4) is 5.75 Å². The first-order chi connectivity index (χ1) is 15.0. The van der Waals surface area contributed by atoms with Crippen molar-refractivity contribution in [1.82, 2.24) is 9.97 Å². The SMILES string of the molecule is O=C(COc1cccc2ccccc12)Nc1ccc(S(=O)(=O)Nc2ncccn2)cc1. The van der Waals surface area contributed by atoms with Gasteiger partial charge in [0.05, 0.1) is 4.90 Å². The van der Waals surface area contributed by atoms with Gasteiger partial charge in [-0.1, -0.05) is 36.4 Å². The van der Waals surface area contributed by atoms with E-state index in [1.807, 2.05) is 36.4 Å². The second-order valence-corrected chi connectivity index (χ2v) is 8.20. The van der Waals surface area contributed by atoms with E-state index in [9.17, 15) is 13.2 Å². The molecule has 0 aliphatic heterocycles. The van der Waals surface area contributed by atoms with Crippen molar-refractivity contribution in [3.05, 3.63) is 85.2 Å². The highest BCUT2D eigenvalue weighted by Crippen LogP contribution is 2.25. The van der Waals surface area contributed by atoms with Crippen LogP contribution in [0.2, 0.25) is 0 Å². The molecule has 0 radical (unpaired) electrons. The lowest BCUT2D eigenvalue weighted by Gasteiger charge is -2.10. The summed E-state index contributed by atoms with van der Waals surface area (Å²) in [5.41, 5.74) is 0.446. The first kappa shape index (κ1) is 20.3. The highest BCUT2D eigenvalue weighted by Gasteiger charge is 2.15. The highest BCUT2D eigenvalue weighted by atomic mass is 32.2. The number of sulfonamides is 1. The molecule has 0 atom stereocenters. The average Bonchev–Trinajstić information content (AvgIpc) is 2.78. The van der Waals surface area contributed by atoms with Gasteiger partial charge in [0.2, 0.25) is 5.95 Å². The van der Waals surface area contributed by atoms with Gasteiger partial charge in [0, 0.05) is 23.5 Å². The number of fused-ring (bicyclic) bond motifs is 1. The third-order valence-corrected chi connectivity index (χ3v) is 5.69. The zero-order valence-electron chi connectivity index (χ0n) is 16.2. The molecule has 0 aliphatic rings. The first-order valence-corrected chi connectivity index (χ1v) is 10.8. The molecule has 0 unspecified atom stereocenters. The number of aromatic nitrogens is 2. The van der Waals surface area contributed by atoms with Crippen LogP contribution in [0.1, 0.15) is 0 Å². The van der Waals surface area contributed by atoms with E-state index in [-0.39, 0.29) is 23.4 Å². The number of rotatable bonds is 7. The molecule has 156 valence electrons. The van der Waals surface area contributed by atoms with Gasteiger partial charge in [-0.15, -0.1) is 0 Å². The van der Waals surface area contributed by atoms with E-state index >= 15 is 0 Å². The molecular formula is C22H18N4O4S. The van der Waals surface area contributed by atoms with E-state index in [1.54, 1.807) is 12.1 Å². The van der Waals surface area contributed by atoms with E-state index in [2.05, 4.69) is 20.0 Å². The summed E-state index contributed by atoms with van der Waals surface area (Å²) < 4.78 is 32.8. The van der Waals surface area contributed by atoms with Crippen LogP contribution in [0, 0.1) is 0 Å². The zero-order valence-corrected chi connectivity index (χ0v) is 17.0. The van der Waals surface area contributed by atoms with Gasteiger partial charge in [0.25, 0.3) is 15.9 Å². The van der Waals surface area contributed by atoms with Crippen LogP contribution in [-0.4, -0.2) is 30.9 Å². The molecule has 1 amide bonds. The molecule has 1 heterocycles. The van der Waals surface area contributed by atoms with E-state index in [1.165, 1.54) is 36.7 Å². The van der Waals surface area contributed by atoms with Gasteiger partial charge in [-0.3, -0.25) is 4.79 Å². The Labute approximate surface area is 179 Å². The summed E-state index contributed by atoms with van der Waals surface area (Å²) in [5, 5.41) is 4.62. The van der Waals surface area contributed by atoms with E-state index in [0.717, 1.165) is 10.8 Å². The Morgan fingerprint density at radius 3 is 2.35 bits per heavy atom. The molecule has 0 saturated carbocycles. The quantitative estimate of drug-likeness (QED) is 0.461. The molecule has 0 bridgehead atoms. The van der Waals surface area contributed by atoms with Crippen LogP contribution in [0.5, 0.6) is 5.75 Å². The summed E-state index contributed by atoms with van der Waals surface area (Å²) >= 11 is 0. The molecule has 1 aromatic heterocycles. The van der Waals surface area contributed by atoms with Crippen molar-refractivity contribution in [2.45, 2.75) is 4.90 Å². The average molecular weight is 434 g/mol. The smallest absolute Gasteiger partial charge is 0.264 e. The molecule has 0 aliphatic carbocycles. The molecule has 4 rings (SSSR count). The lowest BCUT2D eigenvalue weighted by atomic mass is 10.1. The minimum Gasteiger partial charge on any atom is -0.483 e. The molecule has 2 N–H and O–H groups in total. The van der Waals surface area contributed by atoms with Crippen molar-refractivity contribution in [2.75, 3.05) is 16.6 Å². The summed E-state index contributed by atoms with van der Waals surface area (Å²) in [6, 6.07) is 20.7. The summed E-state index contributed by atoms with van der Waals surface area (Å²) in [5.74, 6) is 0.230. The number of hydrogen-bond donors (Lipinski definition) is 2. The monoisotopic (exact) mass is 434 g/mol. The topological polar surface area (TPSA) is 110 Å². The molecule has 0 spiro atoms. The molecule has 8 nitrogen and oxygen atoms in total. The molecular weight excluding hydrogens is 416 g/mol. The zero-order chi connectivity index (χ0) is 21.7. The van der Waals surface area contributed by atoms with Gasteiger partial charge in [0.1, 0.15) is 5.75 Å². The number of amides is 1. The molecule has 31 heavy (non-hydrogen) atoms. The summed E-state index contributed by atoms with van der Waals surface area (Å²) in [6.07, 6.45) is 2.87. The van der Waals surface area contributed by atoms with Crippen molar-refractivity contribution in [3.63, 3.8) is 0 Å². The number of nitrogens with zero attached hydrogens (tertiary/aromatic N) is 2. The van der Waals surface area contributed by atoms with Crippen molar-refractivity contribution >= 4 is 38.3 Å². The maximum Gasteiger partial charge on any atom is 0.264 e. The Morgan fingerprint density at radius 2 is 1.58 bits per heavy atom. The Morgan fingerprint density at radius 1 is 0.871 bits per heavy atom. The number of hydrogen-bond acceptors (Lipinski definition) is 6. The van der Waals surface area contributed by atoms with Crippen LogP contribution >= 0.6 is 0 Å². The molecule has 9 heteroatoms. The number of anilines is 2. The summed E-state index contributed by atoms with van der Waals surface area (Å²) in [7, 11) is -3.84. The Bertz CT molecular complexity index is 1310. The van der Waals surface area contributed by atoms with Crippen LogP contribution in [0.15, 0.2) is 90.1 Å². The molecule has 3 aromatic carbocycles. The van der Waals surface area contributed by atoms with Crippen LogP contribution in [0.3, 0.4) is 0 Å². The highest BCUT2D eigenvalue weighted by molar-refractivity contribution is 7.92. The number of nitrogens with one attached hydrogen (secondary N) is 2. The first-order valence-electron chi connectivity index (χ1n) is 9.32. The van der Waals surface area contributed by atoms with Gasteiger partial charge < -0.3 is 10.1 Å². The van der Waals surface area contributed by atoms with Gasteiger partial charge in [-0.05, 0) is 41.8 Å². The second kappa shape index (κ2) is 8.80. The van der Waals surface area contributed by atoms with Crippen LogP contribution in [0.4, 0.5) is 11.6 Å². The van der Waals surface area contributed by atoms with Crippen molar-refractivity contribution in [1.29, 1.82) is 0 Å². The van der Waals surface area contributed by atoms with Crippen molar-refractivity contribution < 1.29 is 17.9 Å². The Hall–Kier alpha value is -3.98. The van der Waals surface area contributed by atoms with Gasteiger partial charge in [-0.25, -0.2) is 23.1 Å². The lowest BCUT2D eigenvalue weighted by Crippen LogP contribution is -2.20. The summed E-state index contributed by atoms with van der Waals surface area (Å²) in [6.45, 7) is -0.180. The third-order valence-electron chi connectivity index (χ3n) is 4.35. The Kier molecular flexibility index (Phi) is 5.76. The molecule has 0 saturated heterocycles.